The molecule has 0 aromatic rings. The Kier molecular flexibility index (Phi) is 4.57. The van der Waals surface area contributed by atoms with Gasteiger partial charge in [0.25, 0.3) is 0 Å². The third kappa shape index (κ3) is 3.95. The molecule has 0 bridgehead atoms. The highest BCUT2D eigenvalue weighted by molar-refractivity contribution is 5.77. The van der Waals surface area contributed by atoms with Crippen molar-refractivity contribution in [2.45, 2.75) is 25.7 Å². The van der Waals surface area contributed by atoms with E-state index in [2.05, 4.69) is 35.7 Å². The van der Waals surface area contributed by atoms with Crippen molar-refractivity contribution in [3.05, 3.63) is 24.3 Å². The van der Waals surface area contributed by atoms with Crippen LogP contribution in [-0.4, -0.2) is 5.91 Å². The quantitative estimate of drug-likeness (QED) is 0.400. The first-order chi connectivity index (χ1) is 6.83. The third-order valence-corrected chi connectivity index (χ3v) is 2.23. The minimum absolute atomic E-state index is 0.0509. The normalized spacial score (nSPS) is 14.2. The summed E-state index contributed by atoms with van der Waals surface area (Å²) in [5, 5.41) is 2.33. The average molecular weight is 189 g/mol. The molecule has 0 aromatic carbocycles. The second-order valence-electron chi connectivity index (χ2n) is 3.37. The van der Waals surface area contributed by atoms with Gasteiger partial charge in [-0.1, -0.05) is 37.1 Å². The molecule has 0 unspecified atom stereocenters. The number of terminal acetylenes is 1. The number of carbonyl (C=O) groups is 1. The number of allylic oxidation sites excluding steroid dienone is 4. The molecule has 1 N–H and O–H groups in total. The van der Waals surface area contributed by atoms with Gasteiger partial charge in [0, 0.05) is 12.5 Å². The van der Waals surface area contributed by atoms with Crippen molar-refractivity contribution in [1.29, 1.82) is 0 Å². The Morgan fingerprint density at radius 1 is 1.36 bits per heavy atom. The van der Waals surface area contributed by atoms with Crippen LogP contribution >= 0.6 is 0 Å². The van der Waals surface area contributed by atoms with Crippen molar-refractivity contribution in [1.82, 2.24) is 5.32 Å². The van der Waals surface area contributed by atoms with Crippen molar-refractivity contribution in [3.8, 4) is 12.5 Å². The summed E-state index contributed by atoms with van der Waals surface area (Å²) in [5.74, 6) is 0.524. The van der Waals surface area contributed by atoms with Crippen LogP contribution in [0.5, 0.6) is 0 Å². The molecule has 0 fully saturated rings. The fourth-order valence-corrected chi connectivity index (χ4v) is 1.48. The van der Waals surface area contributed by atoms with E-state index in [0.717, 1.165) is 19.3 Å². The van der Waals surface area contributed by atoms with Crippen LogP contribution < -0.4 is 5.32 Å². The van der Waals surface area contributed by atoms with Gasteiger partial charge in [-0.3, -0.25) is 10.1 Å². The molecule has 0 atom stereocenters. The Hall–Kier alpha value is -1.49. The van der Waals surface area contributed by atoms with E-state index in [1.165, 1.54) is 0 Å². The third-order valence-electron chi connectivity index (χ3n) is 2.23. The minimum Gasteiger partial charge on any atom is -0.285 e. The molecule has 1 amide bonds. The van der Waals surface area contributed by atoms with Crippen molar-refractivity contribution >= 4 is 5.91 Å². The summed E-state index contributed by atoms with van der Waals surface area (Å²) in [6, 6.07) is 2.13. The number of hydrogen-bond donors (Lipinski definition) is 1. The Balaban J connectivity index is 1.99. The summed E-state index contributed by atoms with van der Waals surface area (Å²) in [4.78, 5) is 11.0. The number of hydrogen-bond acceptors (Lipinski definition) is 1. The summed E-state index contributed by atoms with van der Waals surface area (Å²) in [6.45, 7) is 0. The predicted octanol–water partition coefficient (Wildman–Crippen LogP) is 2.00. The minimum atomic E-state index is -0.0509. The molecule has 0 radical (unpaired) electrons. The summed E-state index contributed by atoms with van der Waals surface area (Å²) < 4.78 is 0. The zero-order valence-corrected chi connectivity index (χ0v) is 8.20. The van der Waals surface area contributed by atoms with Crippen LogP contribution in [0.2, 0.25) is 0 Å². The van der Waals surface area contributed by atoms with E-state index in [4.69, 9.17) is 6.42 Å². The second kappa shape index (κ2) is 6.04. The van der Waals surface area contributed by atoms with Crippen LogP contribution in [0.3, 0.4) is 0 Å². The van der Waals surface area contributed by atoms with Crippen LogP contribution in [0.4, 0.5) is 0 Å². The predicted molar refractivity (Wildman–Crippen MR) is 57.2 cm³/mol. The molecule has 0 saturated heterocycles. The van der Waals surface area contributed by atoms with Crippen LogP contribution in [0.15, 0.2) is 24.3 Å². The average Bonchev–Trinajstić information content (AvgIpc) is 2.65. The summed E-state index contributed by atoms with van der Waals surface area (Å²) in [5.41, 5.74) is 0. The molecule has 0 aliphatic heterocycles. The highest BCUT2D eigenvalue weighted by Crippen LogP contribution is 2.16. The Labute approximate surface area is 85.1 Å². The topological polar surface area (TPSA) is 29.1 Å². The number of nitrogens with one attached hydrogen (secondary N) is 1. The van der Waals surface area contributed by atoms with E-state index in [9.17, 15) is 4.79 Å². The molecule has 1 rings (SSSR count). The largest absolute Gasteiger partial charge is 0.285 e. The fraction of sp³-hybridized carbons (Fsp3) is 0.417. The van der Waals surface area contributed by atoms with Gasteiger partial charge in [-0.05, 0) is 18.8 Å². The molecule has 0 spiro atoms. The number of amides is 1. The monoisotopic (exact) mass is 189 g/mol. The Morgan fingerprint density at radius 2 is 2.07 bits per heavy atom. The number of rotatable bonds is 5. The Morgan fingerprint density at radius 3 is 2.71 bits per heavy atom. The smallest absolute Gasteiger partial charge is 0.231 e. The standard InChI is InChI=1S/C12H15NO/c1-2-13-12(14)10-6-5-9-11-7-3-4-8-11/h1,3-4,7-8,11H,5-6,9-10H2,(H,13,14). The van der Waals surface area contributed by atoms with Crippen molar-refractivity contribution in [2.75, 3.05) is 0 Å². The van der Waals surface area contributed by atoms with Crippen molar-refractivity contribution < 1.29 is 4.79 Å². The van der Waals surface area contributed by atoms with Gasteiger partial charge in [0.1, 0.15) is 0 Å². The van der Waals surface area contributed by atoms with Crippen LogP contribution in [0, 0.1) is 18.4 Å². The van der Waals surface area contributed by atoms with Crippen LogP contribution in [0.25, 0.3) is 0 Å². The lowest BCUT2D eigenvalue weighted by Crippen LogP contribution is -2.16. The fourth-order valence-electron chi connectivity index (χ4n) is 1.48. The SMILES string of the molecule is C#CNC(=O)CCCCC1C=CC=C1. The van der Waals surface area contributed by atoms with E-state index >= 15 is 0 Å². The molecule has 0 aromatic heterocycles. The highest BCUT2D eigenvalue weighted by Gasteiger charge is 2.04. The highest BCUT2D eigenvalue weighted by atomic mass is 16.1. The van der Waals surface area contributed by atoms with Gasteiger partial charge < -0.3 is 0 Å². The van der Waals surface area contributed by atoms with Gasteiger partial charge in [0.2, 0.25) is 5.91 Å². The zero-order valence-electron chi connectivity index (χ0n) is 8.20. The molecule has 2 nitrogen and oxygen atoms in total. The first kappa shape index (κ1) is 10.6. The summed E-state index contributed by atoms with van der Waals surface area (Å²) >= 11 is 0. The van der Waals surface area contributed by atoms with E-state index in [0.29, 0.717) is 12.3 Å². The summed E-state index contributed by atoms with van der Waals surface area (Å²) in [7, 11) is 0. The Bertz CT molecular complexity index is 271. The van der Waals surface area contributed by atoms with Gasteiger partial charge in [0.05, 0.1) is 0 Å². The first-order valence-electron chi connectivity index (χ1n) is 4.92. The zero-order chi connectivity index (χ0) is 10.2. The lowest BCUT2D eigenvalue weighted by molar-refractivity contribution is -0.120. The molecular weight excluding hydrogens is 174 g/mol. The van der Waals surface area contributed by atoms with Crippen LogP contribution in [0.1, 0.15) is 25.7 Å². The molecule has 0 saturated carbocycles. The van der Waals surface area contributed by atoms with Gasteiger partial charge in [0.15, 0.2) is 0 Å². The van der Waals surface area contributed by atoms with Gasteiger partial charge >= 0.3 is 0 Å². The number of unbranched alkanes of at least 4 members (excludes halogenated alkanes) is 1. The molecule has 74 valence electrons. The number of carbonyl (C=O) groups excluding carboxylic acids is 1. The molecule has 1 aliphatic carbocycles. The first-order valence-corrected chi connectivity index (χ1v) is 4.92. The van der Waals surface area contributed by atoms with E-state index in [1.54, 1.807) is 0 Å². The van der Waals surface area contributed by atoms with Gasteiger partial charge in [-0.2, -0.15) is 0 Å². The maximum absolute atomic E-state index is 11.0. The van der Waals surface area contributed by atoms with E-state index in [-0.39, 0.29) is 5.91 Å². The van der Waals surface area contributed by atoms with Crippen LogP contribution in [-0.2, 0) is 4.79 Å². The molecule has 14 heavy (non-hydrogen) atoms. The lowest BCUT2D eigenvalue weighted by atomic mass is 10.0. The maximum atomic E-state index is 11.0. The van der Waals surface area contributed by atoms with Crippen molar-refractivity contribution in [3.63, 3.8) is 0 Å². The molecule has 2 heteroatoms. The maximum Gasteiger partial charge on any atom is 0.231 e. The lowest BCUT2D eigenvalue weighted by Gasteiger charge is -2.03. The summed E-state index contributed by atoms with van der Waals surface area (Å²) in [6.07, 6.45) is 17.1. The van der Waals surface area contributed by atoms with E-state index in [1.807, 2.05) is 0 Å². The second-order valence-corrected chi connectivity index (χ2v) is 3.37. The van der Waals surface area contributed by atoms with Gasteiger partial charge in [-0.15, -0.1) is 0 Å². The molecular formula is C12H15NO. The van der Waals surface area contributed by atoms with Crippen molar-refractivity contribution in [2.24, 2.45) is 5.92 Å². The molecule has 1 aliphatic rings. The van der Waals surface area contributed by atoms with E-state index < -0.39 is 0 Å². The molecule has 0 heterocycles. The van der Waals surface area contributed by atoms with Gasteiger partial charge in [-0.25, -0.2) is 0 Å².